The lowest BCUT2D eigenvalue weighted by atomic mass is 10.0. The van der Waals surface area contributed by atoms with Crippen molar-refractivity contribution in [2.24, 2.45) is 4.36 Å². The van der Waals surface area contributed by atoms with Gasteiger partial charge in [-0.2, -0.15) is 5.10 Å². The van der Waals surface area contributed by atoms with Crippen LogP contribution in [0.3, 0.4) is 0 Å². The second-order valence-corrected chi connectivity index (χ2v) is 8.76. The van der Waals surface area contributed by atoms with Gasteiger partial charge in [-0.1, -0.05) is 6.92 Å². The summed E-state index contributed by atoms with van der Waals surface area (Å²) in [6, 6.07) is -0.836. The van der Waals surface area contributed by atoms with Gasteiger partial charge >= 0.3 is 6.03 Å². The lowest BCUT2D eigenvalue weighted by molar-refractivity contribution is 0.260. The van der Waals surface area contributed by atoms with Crippen molar-refractivity contribution in [2.75, 3.05) is 5.32 Å². The van der Waals surface area contributed by atoms with Gasteiger partial charge in [0, 0.05) is 22.5 Å². The number of hydrogen-bond donors (Lipinski definition) is 1. The van der Waals surface area contributed by atoms with Crippen LogP contribution in [0.4, 0.5) is 14.9 Å². The van der Waals surface area contributed by atoms with E-state index < -0.39 is 22.4 Å². The molecule has 0 fully saturated rings. The van der Waals surface area contributed by atoms with Crippen molar-refractivity contribution in [1.29, 1.82) is 0 Å². The highest BCUT2D eigenvalue weighted by atomic mass is 32.2. The van der Waals surface area contributed by atoms with Crippen molar-refractivity contribution in [3.63, 3.8) is 0 Å². The highest BCUT2D eigenvalue weighted by Gasteiger charge is 2.29. The smallest absolute Gasteiger partial charge is 0.322 e. The molecule has 2 aromatic heterocycles. The van der Waals surface area contributed by atoms with Crippen molar-refractivity contribution in [3.8, 4) is 0 Å². The maximum Gasteiger partial charge on any atom is 0.322 e. The third-order valence-corrected chi connectivity index (χ3v) is 6.34. The second kappa shape index (κ2) is 7.27. The number of urea groups is 1. The molecule has 0 radical (unpaired) electrons. The summed E-state index contributed by atoms with van der Waals surface area (Å²) in [4.78, 5) is 17.3. The Labute approximate surface area is 165 Å². The summed E-state index contributed by atoms with van der Waals surface area (Å²) in [5.74, 6) is -0.375. The summed E-state index contributed by atoms with van der Waals surface area (Å²) in [6.07, 6.45) is 5.77. The number of halogens is 1. The van der Waals surface area contributed by atoms with E-state index in [0.29, 0.717) is 5.92 Å². The maximum absolute atomic E-state index is 14.0. The lowest BCUT2D eigenvalue weighted by Gasteiger charge is -2.15. The van der Waals surface area contributed by atoms with E-state index in [1.54, 1.807) is 0 Å². The summed E-state index contributed by atoms with van der Waals surface area (Å²) in [7, 11) is -2.21. The zero-order valence-corrected chi connectivity index (χ0v) is 17.0. The fraction of sp³-hybridized carbons (Fsp3) is 0.526. The predicted molar refractivity (Wildman–Crippen MR) is 103 cm³/mol. The van der Waals surface area contributed by atoms with Gasteiger partial charge in [0.25, 0.3) is 0 Å². The molecule has 9 heteroatoms. The molecule has 2 aliphatic rings. The highest BCUT2D eigenvalue weighted by molar-refractivity contribution is 7.75. The fourth-order valence-electron chi connectivity index (χ4n) is 3.94. The van der Waals surface area contributed by atoms with Gasteiger partial charge in [-0.15, -0.1) is 10.6 Å². The molecule has 0 saturated carbocycles. The quantitative estimate of drug-likeness (QED) is 0.774. The van der Waals surface area contributed by atoms with Crippen molar-refractivity contribution in [3.05, 3.63) is 34.5 Å². The van der Waals surface area contributed by atoms with Gasteiger partial charge < -0.3 is 13.9 Å². The molecule has 0 unspecified atom stereocenters. The number of hydrogen-bond acceptors (Lipinski definition) is 5. The molecule has 2 aromatic rings. The number of carbonyl (C=O) groups excluding carboxylic acids is 1. The second-order valence-electron chi connectivity index (χ2n) is 7.70. The minimum atomic E-state index is -2.21. The number of fused-ring (bicyclic) bond motifs is 2. The third kappa shape index (κ3) is 3.32. The molecular weight excluding hydrogens is 381 g/mol. The molecule has 7 nitrogen and oxygen atoms in total. The molecule has 2 amide bonds. The van der Waals surface area contributed by atoms with Gasteiger partial charge in [0.15, 0.2) is 0 Å². The average Bonchev–Trinajstić information content (AvgIpc) is 3.34. The van der Waals surface area contributed by atoms with E-state index >= 15 is 0 Å². The number of carbonyl (C=O) groups is 1. The van der Waals surface area contributed by atoms with Crippen molar-refractivity contribution < 1.29 is 13.4 Å². The number of anilines is 1. The summed E-state index contributed by atoms with van der Waals surface area (Å²) in [6.45, 7) is 5.79. The third-order valence-electron chi connectivity index (χ3n) is 5.40. The Bertz CT molecular complexity index is 1040. The number of nitrogens with one attached hydrogen (secondary N) is 1. The number of aryl methyl sites for hydroxylation is 1. The van der Waals surface area contributed by atoms with Gasteiger partial charge in [-0.3, -0.25) is 9.67 Å². The molecule has 0 saturated heterocycles. The minimum absolute atomic E-state index is 0.0851. The Morgan fingerprint density at radius 3 is 2.86 bits per heavy atom. The molecule has 0 bridgehead atoms. The monoisotopic (exact) mass is 404 g/mol. The highest BCUT2D eigenvalue weighted by Crippen LogP contribution is 2.41. The number of aromatic nitrogens is 3. The largest absolute Gasteiger partial charge is 0.438 e. The Balaban J connectivity index is 1.64. The number of amides is 2. The Morgan fingerprint density at radius 1 is 1.36 bits per heavy atom. The Kier molecular flexibility index (Phi) is 4.95. The van der Waals surface area contributed by atoms with Crippen LogP contribution in [0, 0.1) is 5.82 Å². The Morgan fingerprint density at radius 2 is 2.14 bits per heavy atom. The zero-order chi connectivity index (χ0) is 20.0. The summed E-state index contributed by atoms with van der Waals surface area (Å²) < 4.78 is 31.4. The molecule has 150 valence electrons. The van der Waals surface area contributed by atoms with Crippen molar-refractivity contribution in [1.82, 2.24) is 14.8 Å². The maximum atomic E-state index is 14.0. The lowest BCUT2D eigenvalue weighted by Crippen LogP contribution is -2.13. The van der Waals surface area contributed by atoms with Crippen molar-refractivity contribution in [2.45, 2.75) is 69.9 Å². The van der Waals surface area contributed by atoms with Gasteiger partial charge in [0.1, 0.15) is 5.82 Å². The van der Waals surface area contributed by atoms with Crippen LogP contribution >= 0.6 is 0 Å². The number of rotatable bonds is 3. The van der Waals surface area contributed by atoms with Crippen LogP contribution in [0.5, 0.6) is 0 Å². The molecule has 1 atom stereocenters. The van der Waals surface area contributed by atoms with Crippen LogP contribution in [-0.2, 0) is 34.1 Å². The molecule has 0 aliphatic heterocycles. The van der Waals surface area contributed by atoms with E-state index in [9.17, 15) is 13.4 Å². The van der Waals surface area contributed by atoms with Crippen LogP contribution in [-0.4, -0.2) is 20.8 Å². The molecule has 0 spiro atoms. The van der Waals surface area contributed by atoms with E-state index in [4.69, 9.17) is 4.98 Å². The molecule has 2 aliphatic carbocycles. The summed E-state index contributed by atoms with van der Waals surface area (Å²) in [5, 5.41) is 6.44. The van der Waals surface area contributed by atoms with E-state index in [-0.39, 0.29) is 11.1 Å². The normalized spacial score (nSPS) is 19.1. The van der Waals surface area contributed by atoms with E-state index in [1.807, 2.05) is 13.8 Å². The van der Waals surface area contributed by atoms with E-state index in [2.05, 4.69) is 21.7 Å². The van der Waals surface area contributed by atoms with Gasteiger partial charge in [-0.05, 0) is 63.0 Å². The summed E-state index contributed by atoms with van der Waals surface area (Å²) in [5.41, 5.74) is 4.94. The first kappa shape index (κ1) is 19.0. The first-order valence-electron chi connectivity index (χ1n) is 9.59. The predicted octanol–water partition coefficient (Wildman–Crippen LogP) is 4.27. The number of nitrogens with zero attached hydrogens (tertiary/aromatic N) is 4. The fourth-order valence-corrected chi connectivity index (χ4v) is 4.60. The topological polar surface area (TPSA) is 89.2 Å². The van der Waals surface area contributed by atoms with E-state index in [0.717, 1.165) is 66.5 Å². The first-order chi connectivity index (χ1) is 13.3. The molecular formula is C19H23FN5O2S-. The zero-order valence-electron chi connectivity index (χ0n) is 16.2. The molecule has 4 rings (SSSR count). The summed E-state index contributed by atoms with van der Waals surface area (Å²) >= 11 is 0. The van der Waals surface area contributed by atoms with Gasteiger partial charge in [-0.25, -0.2) is 9.18 Å². The SMILES string of the molecule is CC(C)n1cc(F)c([S-](=O)=NC(=O)Nc2c3c(nc4c2CC[C@H]4C)CCC3)n1. The van der Waals surface area contributed by atoms with Gasteiger partial charge in [0.05, 0.1) is 11.9 Å². The molecule has 1 N–H and O–H groups in total. The van der Waals surface area contributed by atoms with Crippen LogP contribution in [0.15, 0.2) is 15.6 Å². The Hall–Kier alpha value is -2.29. The molecule has 0 aromatic carbocycles. The number of pyridine rings is 1. The van der Waals surface area contributed by atoms with Crippen molar-refractivity contribution >= 4 is 22.3 Å². The minimum Gasteiger partial charge on any atom is -0.438 e. The molecule has 28 heavy (non-hydrogen) atoms. The average molecular weight is 404 g/mol. The van der Waals surface area contributed by atoms with Crippen LogP contribution in [0.2, 0.25) is 0 Å². The first-order valence-corrected chi connectivity index (χ1v) is 10.7. The van der Waals surface area contributed by atoms with Gasteiger partial charge in [0.2, 0.25) is 0 Å². The molecule has 2 heterocycles. The van der Waals surface area contributed by atoms with Crippen LogP contribution in [0.1, 0.15) is 68.1 Å². The van der Waals surface area contributed by atoms with Crippen LogP contribution in [0.25, 0.3) is 0 Å². The van der Waals surface area contributed by atoms with E-state index in [1.165, 1.54) is 4.68 Å². The standard InChI is InChI=1S/C19H23FN5O2S/c1-10(2)25-9-14(20)18(23-25)28(27)24-19(26)22-17-12-5-4-6-15(12)21-16-11(3)7-8-13(16)17/h9-11H,4-8H2,1-3H3,(H,21,22,26)/q-1/t11-/m1/s1. The van der Waals surface area contributed by atoms with Crippen LogP contribution < -0.4 is 5.32 Å².